The van der Waals surface area contributed by atoms with Crippen molar-refractivity contribution in [3.63, 3.8) is 0 Å². The molecule has 0 bridgehead atoms. The van der Waals surface area contributed by atoms with Crippen LogP contribution in [0.2, 0.25) is 0 Å². The zero-order valence-corrected chi connectivity index (χ0v) is 12.0. The van der Waals surface area contributed by atoms with Gasteiger partial charge in [-0.1, -0.05) is 24.3 Å². The van der Waals surface area contributed by atoms with Crippen LogP contribution in [0.3, 0.4) is 0 Å². The van der Waals surface area contributed by atoms with Crippen molar-refractivity contribution >= 4 is 10.8 Å². The normalized spacial score (nSPS) is 14.2. The Morgan fingerprint density at radius 2 is 1.71 bits per heavy atom. The fourth-order valence-corrected chi connectivity index (χ4v) is 2.12. The molecule has 0 aliphatic heterocycles. The monoisotopic (exact) mass is 298 g/mol. The molecule has 0 fully saturated rings. The van der Waals surface area contributed by atoms with Crippen molar-refractivity contribution in [1.82, 2.24) is 0 Å². The molecule has 114 valence electrons. The molecule has 0 aliphatic carbocycles. The average molecular weight is 298 g/mol. The second kappa shape index (κ2) is 5.22. The molecular weight excluding hydrogens is 281 g/mol. The van der Waals surface area contributed by atoms with E-state index >= 15 is 0 Å². The van der Waals surface area contributed by atoms with Crippen LogP contribution in [0.1, 0.15) is 32.4 Å². The molecule has 1 atom stereocenters. The van der Waals surface area contributed by atoms with E-state index in [0.717, 1.165) is 0 Å². The number of fused-ring (bicyclic) bond motifs is 1. The third-order valence-electron chi connectivity index (χ3n) is 2.91. The molecule has 2 aromatic rings. The van der Waals surface area contributed by atoms with Crippen molar-refractivity contribution in [3.05, 3.63) is 42.0 Å². The van der Waals surface area contributed by atoms with Gasteiger partial charge in [0.05, 0.1) is 0 Å². The number of aliphatic hydroxyl groups is 1. The van der Waals surface area contributed by atoms with Crippen LogP contribution in [-0.2, 0) is 0 Å². The van der Waals surface area contributed by atoms with Crippen molar-refractivity contribution in [2.45, 2.75) is 38.7 Å². The molecule has 1 N–H and O–H groups in total. The highest BCUT2D eigenvalue weighted by molar-refractivity contribution is 5.87. The minimum atomic E-state index is -4.69. The zero-order valence-electron chi connectivity index (χ0n) is 12.0. The van der Waals surface area contributed by atoms with Gasteiger partial charge in [-0.15, -0.1) is 0 Å². The van der Waals surface area contributed by atoms with Gasteiger partial charge in [-0.25, -0.2) is 0 Å². The molecule has 1 unspecified atom stereocenters. The van der Waals surface area contributed by atoms with E-state index in [-0.39, 0.29) is 5.56 Å². The molecule has 2 aromatic carbocycles. The Hall–Kier alpha value is -1.75. The third kappa shape index (κ3) is 3.67. The lowest BCUT2D eigenvalue weighted by atomic mass is 10.00. The summed E-state index contributed by atoms with van der Waals surface area (Å²) in [5, 5.41) is 10.4. The fraction of sp³-hybridized carbons (Fsp3) is 0.375. The standard InChI is InChI=1S/C16H17F3O2/c1-15(2,3)21-11-7-8-12-10(9-11)5-4-6-13(12)14(20)16(17,18)19/h4-9,14,20H,1-3H3. The molecule has 0 amide bonds. The van der Waals surface area contributed by atoms with E-state index in [4.69, 9.17) is 4.74 Å². The Labute approximate surface area is 121 Å². The highest BCUT2D eigenvalue weighted by atomic mass is 19.4. The van der Waals surface area contributed by atoms with Crippen LogP contribution in [-0.4, -0.2) is 16.9 Å². The first-order chi connectivity index (χ1) is 9.58. The summed E-state index contributed by atoms with van der Waals surface area (Å²) >= 11 is 0. The summed E-state index contributed by atoms with van der Waals surface area (Å²) in [7, 11) is 0. The summed E-state index contributed by atoms with van der Waals surface area (Å²) in [5.74, 6) is 0.577. The van der Waals surface area contributed by atoms with E-state index in [9.17, 15) is 18.3 Å². The predicted molar refractivity (Wildman–Crippen MR) is 75.3 cm³/mol. The number of aliphatic hydroxyl groups excluding tert-OH is 1. The van der Waals surface area contributed by atoms with Gasteiger partial charge in [0.25, 0.3) is 0 Å². The maximum absolute atomic E-state index is 12.7. The number of ether oxygens (including phenoxy) is 1. The Morgan fingerprint density at radius 1 is 1.05 bits per heavy atom. The lowest BCUT2D eigenvalue weighted by molar-refractivity contribution is -0.206. The maximum atomic E-state index is 12.7. The molecule has 0 spiro atoms. The van der Waals surface area contributed by atoms with Crippen LogP contribution in [0.4, 0.5) is 13.2 Å². The molecule has 0 aliphatic rings. The Balaban J connectivity index is 2.48. The molecule has 0 saturated carbocycles. The van der Waals surface area contributed by atoms with Crippen LogP contribution in [0.25, 0.3) is 10.8 Å². The average Bonchev–Trinajstić information content (AvgIpc) is 2.33. The molecule has 0 aromatic heterocycles. The van der Waals surface area contributed by atoms with Gasteiger partial charge < -0.3 is 9.84 Å². The summed E-state index contributed by atoms with van der Waals surface area (Å²) in [6.07, 6.45) is -7.18. The second-order valence-corrected chi connectivity index (χ2v) is 5.89. The van der Waals surface area contributed by atoms with Crippen LogP contribution < -0.4 is 4.74 Å². The lowest BCUT2D eigenvalue weighted by Gasteiger charge is -2.22. The quantitative estimate of drug-likeness (QED) is 0.877. The Bertz CT molecular complexity index is 642. The predicted octanol–water partition coefficient (Wildman–Crippen LogP) is 4.61. The van der Waals surface area contributed by atoms with Crippen LogP contribution in [0, 0.1) is 0 Å². The molecule has 0 radical (unpaired) electrons. The number of hydrogen-bond acceptors (Lipinski definition) is 2. The Kier molecular flexibility index (Phi) is 3.89. The summed E-state index contributed by atoms with van der Waals surface area (Å²) < 4.78 is 43.8. The van der Waals surface area contributed by atoms with Crippen LogP contribution >= 0.6 is 0 Å². The van der Waals surface area contributed by atoms with Crippen molar-refractivity contribution < 1.29 is 23.0 Å². The highest BCUT2D eigenvalue weighted by Crippen LogP contribution is 2.37. The van der Waals surface area contributed by atoms with Crippen LogP contribution in [0.15, 0.2) is 36.4 Å². The third-order valence-corrected chi connectivity index (χ3v) is 2.91. The highest BCUT2D eigenvalue weighted by Gasteiger charge is 2.40. The number of halogens is 3. The summed E-state index contributed by atoms with van der Waals surface area (Å²) in [6.45, 7) is 5.67. The molecule has 2 nitrogen and oxygen atoms in total. The van der Waals surface area contributed by atoms with E-state index in [0.29, 0.717) is 16.5 Å². The van der Waals surface area contributed by atoms with Gasteiger partial charge in [0.2, 0.25) is 0 Å². The minimum absolute atomic E-state index is 0.151. The first-order valence-electron chi connectivity index (χ1n) is 6.54. The minimum Gasteiger partial charge on any atom is -0.488 e. The van der Waals surface area contributed by atoms with Crippen LogP contribution in [0.5, 0.6) is 5.75 Å². The summed E-state index contributed by atoms with van der Waals surface area (Å²) in [6, 6.07) is 9.30. The van der Waals surface area contributed by atoms with E-state index in [1.165, 1.54) is 12.1 Å². The smallest absolute Gasteiger partial charge is 0.418 e. The first kappa shape index (κ1) is 15.6. The topological polar surface area (TPSA) is 29.5 Å². The summed E-state index contributed by atoms with van der Waals surface area (Å²) in [4.78, 5) is 0. The van der Waals surface area contributed by atoms with Gasteiger partial charge in [0.1, 0.15) is 11.4 Å². The first-order valence-corrected chi connectivity index (χ1v) is 6.54. The maximum Gasteiger partial charge on any atom is 0.418 e. The van der Waals surface area contributed by atoms with E-state index in [1.54, 1.807) is 24.3 Å². The number of benzene rings is 2. The number of alkyl halides is 3. The van der Waals surface area contributed by atoms with Crippen molar-refractivity contribution in [2.24, 2.45) is 0 Å². The van der Waals surface area contributed by atoms with Crippen molar-refractivity contribution in [3.8, 4) is 5.75 Å². The molecule has 0 heterocycles. The van der Waals surface area contributed by atoms with E-state index in [1.807, 2.05) is 20.8 Å². The SMILES string of the molecule is CC(C)(C)Oc1ccc2c(C(O)C(F)(F)F)cccc2c1. The Morgan fingerprint density at radius 3 is 2.29 bits per heavy atom. The molecule has 0 saturated heterocycles. The number of rotatable bonds is 2. The molecule has 21 heavy (non-hydrogen) atoms. The fourth-order valence-electron chi connectivity index (χ4n) is 2.12. The molecule has 5 heteroatoms. The number of hydrogen-bond donors (Lipinski definition) is 1. The van der Waals surface area contributed by atoms with Crippen molar-refractivity contribution in [2.75, 3.05) is 0 Å². The zero-order chi connectivity index (χ0) is 15.8. The van der Waals surface area contributed by atoms with E-state index in [2.05, 4.69) is 0 Å². The van der Waals surface area contributed by atoms with Gasteiger partial charge in [0.15, 0.2) is 6.10 Å². The van der Waals surface area contributed by atoms with Gasteiger partial charge in [-0.3, -0.25) is 0 Å². The molecule has 2 rings (SSSR count). The summed E-state index contributed by atoms with van der Waals surface area (Å²) in [5.41, 5.74) is -0.543. The van der Waals surface area contributed by atoms with Crippen molar-refractivity contribution in [1.29, 1.82) is 0 Å². The molecular formula is C16H17F3O2. The largest absolute Gasteiger partial charge is 0.488 e. The van der Waals surface area contributed by atoms with Gasteiger partial charge in [-0.05, 0) is 49.2 Å². The second-order valence-electron chi connectivity index (χ2n) is 5.89. The lowest BCUT2D eigenvalue weighted by Crippen LogP contribution is -2.23. The van der Waals surface area contributed by atoms with Gasteiger partial charge in [-0.2, -0.15) is 13.2 Å². The van der Waals surface area contributed by atoms with Gasteiger partial charge >= 0.3 is 6.18 Å². The van der Waals surface area contributed by atoms with E-state index < -0.39 is 17.9 Å². The van der Waals surface area contributed by atoms with Gasteiger partial charge in [0, 0.05) is 0 Å².